The van der Waals surface area contributed by atoms with Gasteiger partial charge in [0.2, 0.25) is 0 Å². The van der Waals surface area contributed by atoms with E-state index in [0.717, 1.165) is 31.3 Å². The van der Waals surface area contributed by atoms with Crippen LogP contribution < -0.4 is 0 Å². The van der Waals surface area contributed by atoms with Gasteiger partial charge in [-0.1, -0.05) is 20.8 Å². The monoisotopic (exact) mass is 327 g/mol. The van der Waals surface area contributed by atoms with Crippen molar-refractivity contribution in [1.82, 2.24) is 14.7 Å². The molecule has 1 atom stereocenters. The summed E-state index contributed by atoms with van der Waals surface area (Å²) in [5, 5.41) is 4.69. The third kappa shape index (κ3) is 3.22. The zero-order valence-corrected chi connectivity index (χ0v) is 14.2. The lowest BCUT2D eigenvalue weighted by atomic mass is 9.95. The number of rotatable bonds is 5. The van der Waals surface area contributed by atoms with Crippen LogP contribution >= 0.6 is 15.9 Å². The summed E-state index contributed by atoms with van der Waals surface area (Å²) in [5.74, 6) is 1.66. The van der Waals surface area contributed by atoms with E-state index in [1.165, 1.54) is 35.4 Å². The minimum Gasteiger partial charge on any atom is -0.297 e. The molecule has 19 heavy (non-hydrogen) atoms. The Bertz CT molecular complexity index is 425. The first-order chi connectivity index (χ1) is 9.06. The second kappa shape index (κ2) is 6.40. The van der Waals surface area contributed by atoms with Gasteiger partial charge in [-0.15, -0.1) is 0 Å². The number of nitrogens with zero attached hydrogens (tertiary/aromatic N) is 3. The Hall–Kier alpha value is -0.350. The first kappa shape index (κ1) is 15.0. The van der Waals surface area contributed by atoms with E-state index in [4.69, 9.17) is 0 Å². The molecular weight excluding hydrogens is 302 g/mol. The molecule has 0 saturated carbocycles. The number of likely N-dealkylation sites (tertiary alicyclic amines) is 1. The fraction of sp³-hybridized carbons (Fsp3) is 0.800. The van der Waals surface area contributed by atoms with Gasteiger partial charge >= 0.3 is 0 Å². The van der Waals surface area contributed by atoms with Gasteiger partial charge in [-0.3, -0.25) is 9.58 Å². The highest BCUT2D eigenvalue weighted by Gasteiger charge is 2.26. The Labute approximate surface area is 125 Å². The second-order valence-electron chi connectivity index (χ2n) is 5.90. The van der Waals surface area contributed by atoms with Gasteiger partial charge in [0.1, 0.15) is 0 Å². The number of halogens is 1. The first-order valence-electron chi connectivity index (χ1n) is 7.53. The molecule has 3 nitrogen and oxygen atoms in total. The van der Waals surface area contributed by atoms with Crippen LogP contribution in [0.15, 0.2) is 4.47 Å². The number of aromatic nitrogens is 2. The Morgan fingerprint density at radius 3 is 2.63 bits per heavy atom. The van der Waals surface area contributed by atoms with Crippen LogP contribution in [-0.2, 0) is 19.5 Å². The largest absolute Gasteiger partial charge is 0.297 e. The van der Waals surface area contributed by atoms with E-state index in [2.05, 4.69) is 58.3 Å². The molecule has 0 aromatic carbocycles. The minimum atomic E-state index is 0.802. The van der Waals surface area contributed by atoms with Gasteiger partial charge in [0.15, 0.2) is 0 Å². The molecule has 108 valence electrons. The summed E-state index contributed by atoms with van der Waals surface area (Å²) in [4.78, 5) is 2.58. The lowest BCUT2D eigenvalue weighted by Crippen LogP contribution is -2.23. The number of aryl methyl sites for hydroxylation is 2. The lowest BCUT2D eigenvalue weighted by molar-refractivity contribution is 0.288. The van der Waals surface area contributed by atoms with Gasteiger partial charge in [0.25, 0.3) is 0 Å². The maximum atomic E-state index is 4.69. The highest BCUT2D eigenvalue weighted by atomic mass is 79.9. The van der Waals surface area contributed by atoms with Crippen LogP contribution in [0.1, 0.15) is 45.5 Å². The summed E-state index contributed by atoms with van der Waals surface area (Å²) in [5.41, 5.74) is 2.54. The van der Waals surface area contributed by atoms with E-state index >= 15 is 0 Å². The minimum absolute atomic E-state index is 0.802. The van der Waals surface area contributed by atoms with Crippen molar-refractivity contribution in [2.24, 2.45) is 11.8 Å². The summed E-state index contributed by atoms with van der Waals surface area (Å²) in [6.07, 6.45) is 2.34. The van der Waals surface area contributed by atoms with Crippen LogP contribution in [0.4, 0.5) is 0 Å². The Kier molecular flexibility index (Phi) is 5.07. The molecule has 0 radical (unpaired) electrons. The van der Waals surface area contributed by atoms with Crippen molar-refractivity contribution in [3.63, 3.8) is 0 Å². The third-order valence-electron chi connectivity index (χ3n) is 4.32. The van der Waals surface area contributed by atoms with E-state index in [1.54, 1.807) is 0 Å². The SMILES string of the molecule is CCc1nn(CC)c(CN2CCC(C(C)C)C2)c1Br. The van der Waals surface area contributed by atoms with Crippen molar-refractivity contribution >= 4 is 15.9 Å². The fourth-order valence-corrected chi connectivity index (χ4v) is 3.62. The molecule has 2 heterocycles. The molecular formula is C15H26BrN3. The van der Waals surface area contributed by atoms with Crippen molar-refractivity contribution in [3.05, 3.63) is 15.9 Å². The molecule has 1 aliphatic heterocycles. The van der Waals surface area contributed by atoms with Gasteiger partial charge in [-0.05, 0) is 54.1 Å². The average Bonchev–Trinajstić information content (AvgIpc) is 2.96. The molecule has 0 N–H and O–H groups in total. The maximum absolute atomic E-state index is 4.69. The molecule has 0 spiro atoms. The van der Waals surface area contributed by atoms with E-state index in [1.807, 2.05) is 0 Å². The number of hydrogen-bond donors (Lipinski definition) is 0. The molecule has 0 aliphatic carbocycles. The molecule has 1 fully saturated rings. The predicted molar refractivity (Wildman–Crippen MR) is 83.2 cm³/mol. The molecule has 0 bridgehead atoms. The second-order valence-corrected chi connectivity index (χ2v) is 6.70. The summed E-state index contributed by atoms with van der Waals surface area (Å²) in [6, 6.07) is 0. The van der Waals surface area contributed by atoms with Crippen LogP contribution in [0.5, 0.6) is 0 Å². The molecule has 1 aromatic rings. The average molecular weight is 328 g/mol. The Morgan fingerprint density at radius 2 is 2.11 bits per heavy atom. The first-order valence-corrected chi connectivity index (χ1v) is 8.32. The van der Waals surface area contributed by atoms with Crippen LogP contribution in [0, 0.1) is 11.8 Å². The molecule has 1 unspecified atom stereocenters. The maximum Gasteiger partial charge on any atom is 0.0767 e. The standard InChI is InChI=1S/C15H26BrN3/c1-5-13-15(16)14(19(6-2)17-13)10-18-8-7-12(9-18)11(3)4/h11-12H,5-10H2,1-4H3. The van der Waals surface area contributed by atoms with Gasteiger partial charge in [-0.25, -0.2) is 0 Å². The smallest absolute Gasteiger partial charge is 0.0767 e. The summed E-state index contributed by atoms with van der Waals surface area (Å²) >= 11 is 3.74. The van der Waals surface area contributed by atoms with E-state index < -0.39 is 0 Å². The Balaban J connectivity index is 2.09. The van der Waals surface area contributed by atoms with Crippen molar-refractivity contribution in [3.8, 4) is 0 Å². The van der Waals surface area contributed by atoms with Crippen LogP contribution in [0.3, 0.4) is 0 Å². The molecule has 1 aliphatic rings. The highest BCUT2D eigenvalue weighted by Crippen LogP contribution is 2.28. The fourth-order valence-electron chi connectivity index (χ4n) is 2.93. The zero-order valence-electron chi connectivity index (χ0n) is 12.6. The zero-order chi connectivity index (χ0) is 14.0. The summed E-state index contributed by atoms with van der Waals surface area (Å²) in [6.45, 7) is 13.5. The van der Waals surface area contributed by atoms with Crippen molar-refractivity contribution in [2.45, 2.75) is 53.6 Å². The van der Waals surface area contributed by atoms with Gasteiger partial charge in [-0.2, -0.15) is 5.10 Å². The van der Waals surface area contributed by atoms with Crippen LogP contribution in [0.2, 0.25) is 0 Å². The van der Waals surface area contributed by atoms with Gasteiger partial charge in [0, 0.05) is 19.6 Å². The van der Waals surface area contributed by atoms with Crippen molar-refractivity contribution < 1.29 is 0 Å². The number of hydrogen-bond acceptors (Lipinski definition) is 2. The molecule has 0 amide bonds. The quantitative estimate of drug-likeness (QED) is 0.822. The molecule has 1 saturated heterocycles. The molecule has 1 aromatic heterocycles. The molecule has 4 heteroatoms. The highest BCUT2D eigenvalue weighted by molar-refractivity contribution is 9.10. The third-order valence-corrected chi connectivity index (χ3v) is 5.23. The van der Waals surface area contributed by atoms with Gasteiger partial charge < -0.3 is 0 Å². The van der Waals surface area contributed by atoms with E-state index in [9.17, 15) is 0 Å². The van der Waals surface area contributed by atoms with E-state index in [0.29, 0.717) is 0 Å². The topological polar surface area (TPSA) is 21.1 Å². The summed E-state index contributed by atoms with van der Waals surface area (Å²) in [7, 11) is 0. The van der Waals surface area contributed by atoms with E-state index in [-0.39, 0.29) is 0 Å². The summed E-state index contributed by atoms with van der Waals surface area (Å²) < 4.78 is 3.39. The van der Waals surface area contributed by atoms with Crippen LogP contribution in [-0.4, -0.2) is 27.8 Å². The van der Waals surface area contributed by atoms with Gasteiger partial charge in [0.05, 0.1) is 15.9 Å². The normalized spacial score (nSPS) is 20.6. The van der Waals surface area contributed by atoms with Crippen molar-refractivity contribution in [1.29, 1.82) is 0 Å². The predicted octanol–water partition coefficient (Wildman–Crippen LogP) is 3.71. The molecule has 2 rings (SSSR count). The van der Waals surface area contributed by atoms with Crippen LogP contribution in [0.25, 0.3) is 0 Å². The van der Waals surface area contributed by atoms with Crippen molar-refractivity contribution in [2.75, 3.05) is 13.1 Å². The Morgan fingerprint density at radius 1 is 1.37 bits per heavy atom. The lowest BCUT2D eigenvalue weighted by Gasteiger charge is -2.18.